The number of fused-ring (bicyclic) bond motifs is 1. The van der Waals surface area contributed by atoms with Gasteiger partial charge in [0.05, 0.1) is 11.1 Å². The molecule has 2 heterocycles. The maximum Gasteiger partial charge on any atom is 0.256 e. The molecule has 0 aliphatic carbocycles. The summed E-state index contributed by atoms with van der Waals surface area (Å²) in [5.74, 6) is -0.214. The smallest absolute Gasteiger partial charge is 0.256 e. The third-order valence-electron chi connectivity index (χ3n) is 3.47. The molecular formula is C14H14N4O2. The van der Waals surface area contributed by atoms with Gasteiger partial charge in [-0.3, -0.25) is 19.6 Å². The summed E-state index contributed by atoms with van der Waals surface area (Å²) in [4.78, 5) is 35.9. The number of amides is 2. The molecule has 0 unspecified atom stereocenters. The fourth-order valence-electron chi connectivity index (χ4n) is 2.27. The number of piperazine rings is 1. The second kappa shape index (κ2) is 4.88. The first-order valence-corrected chi connectivity index (χ1v) is 6.40. The molecule has 1 aromatic carbocycles. The summed E-state index contributed by atoms with van der Waals surface area (Å²) < 4.78 is 0. The van der Waals surface area contributed by atoms with E-state index in [2.05, 4.69) is 9.97 Å². The minimum absolute atomic E-state index is 0.0454. The molecule has 1 aromatic heterocycles. The average molecular weight is 270 g/mol. The van der Waals surface area contributed by atoms with Crippen LogP contribution in [-0.2, 0) is 4.79 Å². The number of benzene rings is 1. The molecule has 1 aliphatic rings. The van der Waals surface area contributed by atoms with Crippen LogP contribution in [0.5, 0.6) is 0 Å². The highest BCUT2D eigenvalue weighted by molar-refractivity contribution is 6.05. The molecule has 6 nitrogen and oxygen atoms in total. The average Bonchev–Trinajstić information content (AvgIpc) is 2.49. The van der Waals surface area contributed by atoms with Gasteiger partial charge in [-0.2, -0.15) is 0 Å². The number of hydrogen-bond acceptors (Lipinski definition) is 4. The Morgan fingerprint density at radius 2 is 2.00 bits per heavy atom. The highest BCUT2D eigenvalue weighted by Gasteiger charge is 2.26. The van der Waals surface area contributed by atoms with E-state index in [-0.39, 0.29) is 18.4 Å². The Balaban J connectivity index is 1.95. The maximum absolute atomic E-state index is 12.6. The van der Waals surface area contributed by atoms with Crippen LogP contribution in [0.25, 0.3) is 11.0 Å². The lowest BCUT2D eigenvalue weighted by Gasteiger charge is -2.32. The summed E-state index contributed by atoms with van der Waals surface area (Å²) in [6, 6.07) is 5.32. The van der Waals surface area contributed by atoms with Crippen molar-refractivity contribution in [3.63, 3.8) is 0 Å². The van der Waals surface area contributed by atoms with E-state index >= 15 is 0 Å². The molecule has 102 valence electrons. The molecule has 1 fully saturated rings. The Morgan fingerprint density at radius 1 is 1.20 bits per heavy atom. The quantitative estimate of drug-likeness (QED) is 0.758. The first-order valence-electron chi connectivity index (χ1n) is 6.40. The first kappa shape index (κ1) is 12.5. The second-order valence-electron chi connectivity index (χ2n) is 4.77. The molecule has 0 saturated carbocycles. The molecule has 2 amide bonds. The molecule has 1 saturated heterocycles. The third kappa shape index (κ3) is 2.09. The Labute approximate surface area is 116 Å². The summed E-state index contributed by atoms with van der Waals surface area (Å²) >= 11 is 0. The van der Waals surface area contributed by atoms with E-state index in [0.717, 1.165) is 0 Å². The summed E-state index contributed by atoms with van der Waals surface area (Å²) in [7, 11) is 1.74. The Bertz CT molecular complexity index is 680. The normalized spacial score (nSPS) is 15.8. The van der Waals surface area contributed by atoms with Crippen molar-refractivity contribution in [3.05, 3.63) is 36.2 Å². The first-order chi connectivity index (χ1) is 9.66. The Morgan fingerprint density at radius 3 is 2.80 bits per heavy atom. The van der Waals surface area contributed by atoms with Crippen LogP contribution >= 0.6 is 0 Å². The molecule has 0 N–H and O–H groups in total. The Kier molecular flexibility index (Phi) is 3.06. The number of carbonyl (C=O) groups is 2. The largest absolute Gasteiger partial charge is 0.342 e. The van der Waals surface area contributed by atoms with Gasteiger partial charge in [-0.25, -0.2) is 0 Å². The van der Waals surface area contributed by atoms with Gasteiger partial charge in [0.15, 0.2) is 0 Å². The van der Waals surface area contributed by atoms with Crippen LogP contribution in [0.2, 0.25) is 0 Å². The van der Waals surface area contributed by atoms with Gasteiger partial charge >= 0.3 is 0 Å². The zero-order valence-electron chi connectivity index (χ0n) is 11.1. The molecule has 2 aromatic rings. The number of likely N-dealkylation sites (N-methyl/N-ethyl adjacent to an activating group) is 1. The molecule has 0 spiro atoms. The van der Waals surface area contributed by atoms with Crippen molar-refractivity contribution in [2.45, 2.75) is 0 Å². The predicted octanol–water partition coefficient (Wildman–Crippen LogP) is 0.544. The fraction of sp³-hybridized carbons (Fsp3) is 0.286. The number of carbonyl (C=O) groups excluding carboxylic acids is 2. The Hall–Kier alpha value is -2.50. The van der Waals surface area contributed by atoms with Gasteiger partial charge in [-0.1, -0.05) is 6.07 Å². The summed E-state index contributed by atoms with van der Waals surface area (Å²) in [6.45, 7) is 1.21. The molecule has 1 aliphatic heterocycles. The van der Waals surface area contributed by atoms with Crippen molar-refractivity contribution in [1.29, 1.82) is 0 Å². The highest BCUT2D eigenvalue weighted by Crippen LogP contribution is 2.17. The van der Waals surface area contributed by atoms with Crippen LogP contribution in [0.1, 0.15) is 10.4 Å². The van der Waals surface area contributed by atoms with E-state index in [1.54, 1.807) is 41.4 Å². The topological polar surface area (TPSA) is 66.4 Å². The SMILES string of the molecule is CN1CCN(C(=O)c2cccc3nccnc23)CC1=O. The minimum atomic E-state index is -0.169. The molecule has 3 rings (SSSR count). The van der Waals surface area contributed by atoms with E-state index in [1.165, 1.54) is 0 Å². The van der Waals surface area contributed by atoms with Gasteiger partial charge in [0.2, 0.25) is 5.91 Å². The zero-order valence-corrected chi connectivity index (χ0v) is 11.1. The monoisotopic (exact) mass is 270 g/mol. The minimum Gasteiger partial charge on any atom is -0.342 e. The fourth-order valence-corrected chi connectivity index (χ4v) is 2.27. The van der Waals surface area contributed by atoms with Crippen molar-refractivity contribution in [2.24, 2.45) is 0 Å². The molecule has 0 bridgehead atoms. The molecule has 0 radical (unpaired) electrons. The van der Waals surface area contributed by atoms with Crippen LogP contribution in [0, 0.1) is 0 Å². The lowest BCUT2D eigenvalue weighted by Crippen LogP contribution is -2.50. The predicted molar refractivity (Wildman–Crippen MR) is 73.1 cm³/mol. The number of hydrogen-bond donors (Lipinski definition) is 0. The van der Waals surface area contributed by atoms with Crippen LogP contribution < -0.4 is 0 Å². The number of rotatable bonds is 1. The van der Waals surface area contributed by atoms with Crippen molar-refractivity contribution in [2.75, 3.05) is 26.7 Å². The van der Waals surface area contributed by atoms with Gasteiger partial charge in [0.25, 0.3) is 5.91 Å². The van der Waals surface area contributed by atoms with E-state index in [4.69, 9.17) is 0 Å². The van der Waals surface area contributed by atoms with Crippen LogP contribution in [0.3, 0.4) is 0 Å². The summed E-state index contributed by atoms with van der Waals surface area (Å²) in [5.41, 5.74) is 1.75. The van der Waals surface area contributed by atoms with Gasteiger partial charge in [-0.15, -0.1) is 0 Å². The van der Waals surface area contributed by atoms with Crippen molar-refractivity contribution in [3.8, 4) is 0 Å². The molecule has 6 heteroatoms. The third-order valence-corrected chi connectivity index (χ3v) is 3.47. The van der Waals surface area contributed by atoms with Crippen LogP contribution in [0.4, 0.5) is 0 Å². The highest BCUT2D eigenvalue weighted by atomic mass is 16.2. The van der Waals surface area contributed by atoms with E-state index in [1.807, 2.05) is 6.07 Å². The molecule has 0 atom stereocenters. The zero-order chi connectivity index (χ0) is 14.1. The number of nitrogens with zero attached hydrogens (tertiary/aromatic N) is 4. The standard InChI is InChI=1S/C14H14N4O2/c1-17-7-8-18(9-12(17)19)14(20)10-3-2-4-11-13(10)16-6-5-15-11/h2-6H,7-9H2,1H3. The molecular weight excluding hydrogens is 256 g/mol. The van der Waals surface area contributed by atoms with E-state index in [9.17, 15) is 9.59 Å². The van der Waals surface area contributed by atoms with Crippen molar-refractivity contribution >= 4 is 22.8 Å². The van der Waals surface area contributed by atoms with Crippen LogP contribution in [-0.4, -0.2) is 58.3 Å². The molecule has 20 heavy (non-hydrogen) atoms. The van der Waals surface area contributed by atoms with Crippen LogP contribution in [0.15, 0.2) is 30.6 Å². The van der Waals surface area contributed by atoms with Gasteiger partial charge < -0.3 is 9.80 Å². The van der Waals surface area contributed by atoms with Gasteiger partial charge in [-0.05, 0) is 12.1 Å². The maximum atomic E-state index is 12.6. The lowest BCUT2D eigenvalue weighted by molar-refractivity contribution is -0.133. The summed E-state index contributed by atoms with van der Waals surface area (Å²) in [5, 5.41) is 0. The van der Waals surface area contributed by atoms with Crippen molar-refractivity contribution < 1.29 is 9.59 Å². The van der Waals surface area contributed by atoms with Crippen molar-refractivity contribution in [1.82, 2.24) is 19.8 Å². The van der Waals surface area contributed by atoms with Gasteiger partial charge in [0.1, 0.15) is 12.1 Å². The lowest BCUT2D eigenvalue weighted by atomic mass is 10.1. The van der Waals surface area contributed by atoms with Gasteiger partial charge in [0, 0.05) is 32.5 Å². The second-order valence-corrected chi connectivity index (χ2v) is 4.77. The van der Waals surface area contributed by atoms with E-state index in [0.29, 0.717) is 29.7 Å². The van der Waals surface area contributed by atoms with E-state index < -0.39 is 0 Å². The summed E-state index contributed by atoms with van der Waals surface area (Å²) in [6.07, 6.45) is 3.16. The number of aromatic nitrogens is 2. The number of para-hydroxylation sites is 1.